The number of benzene rings is 2. The van der Waals surface area contributed by atoms with Crippen molar-refractivity contribution in [3.8, 4) is 0 Å². The van der Waals surface area contributed by atoms with Crippen molar-refractivity contribution in [1.29, 1.82) is 0 Å². The summed E-state index contributed by atoms with van der Waals surface area (Å²) in [4.78, 5) is 37.7. The third kappa shape index (κ3) is 4.53. The number of anilines is 2. The second kappa shape index (κ2) is 8.03. The molecular weight excluding hydrogens is 342 g/mol. The molecule has 1 aliphatic heterocycles. The Bertz CT molecular complexity index is 878. The number of hydrogen-bond acceptors (Lipinski definition) is 3. The standard InChI is InChI=1S/C21H23N3O3/c1-14-6-3-4-7-16(14)12-22-21(27)17-10-20(26)24(13-17)19-9-5-8-18(11-19)23-15(2)25/h3-9,11,17H,10,12-13H2,1-2H3,(H,22,27)(H,23,25)/t17-/m1/s1. The second-order valence-electron chi connectivity index (χ2n) is 6.78. The Morgan fingerprint density at radius 1 is 1.15 bits per heavy atom. The fourth-order valence-electron chi connectivity index (χ4n) is 3.22. The Labute approximate surface area is 158 Å². The van der Waals surface area contributed by atoms with Gasteiger partial charge in [0.2, 0.25) is 17.7 Å². The third-order valence-corrected chi connectivity index (χ3v) is 4.69. The van der Waals surface area contributed by atoms with E-state index in [4.69, 9.17) is 0 Å². The minimum Gasteiger partial charge on any atom is -0.352 e. The van der Waals surface area contributed by atoms with Crippen LogP contribution in [-0.4, -0.2) is 24.3 Å². The molecule has 2 aromatic rings. The van der Waals surface area contributed by atoms with Crippen LogP contribution in [0, 0.1) is 12.8 Å². The highest BCUT2D eigenvalue weighted by atomic mass is 16.2. The molecule has 2 N–H and O–H groups in total. The van der Waals surface area contributed by atoms with Gasteiger partial charge in [-0.3, -0.25) is 14.4 Å². The van der Waals surface area contributed by atoms with E-state index in [2.05, 4.69) is 10.6 Å². The molecule has 1 atom stereocenters. The van der Waals surface area contributed by atoms with Gasteiger partial charge in [-0.05, 0) is 36.2 Å². The number of nitrogens with zero attached hydrogens (tertiary/aromatic N) is 1. The Morgan fingerprint density at radius 3 is 2.67 bits per heavy atom. The fourth-order valence-corrected chi connectivity index (χ4v) is 3.22. The van der Waals surface area contributed by atoms with Crippen LogP contribution in [-0.2, 0) is 20.9 Å². The maximum absolute atomic E-state index is 12.5. The van der Waals surface area contributed by atoms with Crippen LogP contribution in [0.25, 0.3) is 0 Å². The summed E-state index contributed by atoms with van der Waals surface area (Å²) in [5.74, 6) is -0.766. The highest BCUT2D eigenvalue weighted by molar-refractivity contribution is 6.01. The van der Waals surface area contributed by atoms with Crippen molar-refractivity contribution in [2.75, 3.05) is 16.8 Å². The lowest BCUT2D eigenvalue weighted by atomic mass is 10.1. The van der Waals surface area contributed by atoms with E-state index in [0.717, 1.165) is 11.1 Å². The molecule has 6 heteroatoms. The van der Waals surface area contributed by atoms with Crippen LogP contribution < -0.4 is 15.5 Å². The summed E-state index contributed by atoms with van der Waals surface area (Å²) in [6, 6.07) is 15.0. The molecule has 3 rings (SSSR count). The predicted octanol–water partition coefficient (Wildman–Crippen LogP) is 2.62. The fraction of sp³-hybridized carbons (Fsp3) is 0.286. The molecule has 3 amide bonds. The van der Waals surface area contributed by atoms with E-state index >= 15 is 0 Å². The van der Waals surface area contributed by atoms with Gasteiger partial charge in [0.05, 0.1) is 5.92 Å². The van der Waals surface area contributed by atoms with Crippen molar-refractivity contribution >= 4 is 29.1 Å². The first-order valence-corrected chi connectivity index (χ1v) is 8.94. The molecule has 0 spiro atoms. The molecule has 27 heavy (non-hydrogen) atoms. The molecule has 1 aliphatic rings. The lowest BCUT2D eigenvalue weighted by Gasteiger charge is -2.18. The third-order valence-electron chi connectivity index (χ3n) is 4.69. The number of carbonyl (C=O) groups excluding carboxylic acids is 3. The monoisotopic (exact) mass is 365 g/mol. The van der Waals surface area contributed by atoms with Gasteiger partial charge in [-0.2, -0.15) is 0 Å². The molecule has 0 saturated carbocycles. The SMILES string of the molecule is CC(=O)Nc1cccc(N2C[C@H](C(=O)NCc3ccccc3C)CC2=O)c1. The summed E-state index contributed by atoms with van der Waals surface area (Å²) >= 11 is 0. The molecule has 0 aromatic heterocycles. The molecule has 6 nitrogen and oxygen atoms in total. The van der Waals surface area contributed by atoms with E-state index in [1.54, 1.807) is 29.2 Å². The molecule has 140 valence electrons. The van der Waals surface area contributed by atoms with E-state index in [0.29, 0.717) is 24.5 Å². The summed E-state index contributed by atoms with van der Waals surface area (Å²) in [7, 11) is 0. The maximum atomic E-state index is 12.5. The minimum atomic E-state index is -0.383. The van der Waals surface area contributed by atoms with E-state index < -0.39 is 0 Å². The molecular formula is C21H23N3O3. The molecule has 1 fully saturated rings. The van der Waals surface area contributed by atoms with Crippen LogP contribution >= 0.6 is 0 Å². The van der Waals surface area contributed by atoms with Crippen molar-refractivity contribution < 1.29 is 14.4 Å². The highest BCUT2D eigenvalue weighted by Gasteiger charge is 2.35. The quantitative estimate of drug-likeness (QED) is 0.855. The number of rotatable bonds is 5. The zero-order valence-corrected chi connectivity index (χ0v) is 15.5. The summed E-state index contributed by atoms with van der Waals surface area (Å²) < 4.78 is 0. The van der Waals surface area contributed by atoms with Crippen LogP contribution in [0.3, 0.4) is 0 Å². The Morgan fingerprint density at radius 2 is 1.93 bits per heavy atom. The van der Waals surface area contributed by atoms with E-state index in [9.17, 15) is 14.4 Å². The van der Waals surface area contributed by atoms with Crippen molar-refractivity contribution in [3.63, 3.8) is 0 Å². The van der Waals surface area contributed by atoms with Gasteiger partial charge in [-0.25, -0.2) is 0 Å². The van der Waals surface area contributed by atoms with Gasteiger partial charge in [0.1, 0.15) is 0 Å². The van der Waals surface area contributed by atoms with Gasteiger partial charge in [0, 0.05) is 37.8 Å². The maximum Gasteiger partial charge on any atom is 0.227 e. The Kier molecular flexibility index (Phi) is 5.54. The van der Waals surface area contributed by atoms with E-state index in [1.165, 1.54) is 6.92 Å². The average molecular weight is 365 g/mol. The van der Waals surface area contributed by atoms with E-state index in [-0.39, 0.29) is 30.1 Å². The summed E-state index contributed by atoms with van der Waals surface area (Å²) in [6.45, 7) is 4.23. The lowest BCUT2D eigenvalue weighted by Crippen LogP contribution is -2.32. The van der Waals surface area contributed by atoms with Gasteiger partial charge < -0.3 is 15.5 Å². The van der Waals surface area contributed by atoms with Crippen molar-refractivity contribution in [1.82, 2.24) is 5.32 Å². The Hall–Kier alpha value is -3.15. The van der Waals surface area contributed by atoms with Gasteiger partial charge in [-0.1, -0.05) is 30.3 Å². The zero-order valence-electron chi connectivity index (χ0n) is 15.5. The first-order valence-electron chi connectivity index (χ1n) is 8.94. The van der Waals surface area contributed by atoms with Crippen LogP contribution in [0.2, 0.25) is 0 Å². The zero-order chi connectivity index (χ0) is 19.4. The summed E-state index contributed by atoms with van der Waals surface area (Å²) in [5, 5.41) is 5.64. The highest BCUT2D eigenvalue weighted by Crippen LogP contribution is 2.27. The second-order valence-corrected chi connectivity index (χ2v) is 6.78. The number of amides is 3. The number of carbonyl (C=O) groups is 3. The van der Waals surface area contributed by atoms with E-state index in [1.807, 2.05) is 31.2 Å². The molecule has 0 unspecified atom stereocenters. The van der Waals surface area contributed by atoms with Gasteiger partial charge in [0.15, 0.2) is 0 Å². The molecule has 2 aromatic carbocycles. The van der Waals surface area contributed by atoms with Crippen LogP contribution in [0.5, 0.6) is 0 Å². The van der Waals surface area contributed by atoms with Crippen LogP contribution in [0.1, 0.15) is 24.5 Å². The first kappa shape index (κ1) is 18.6. The first-order chi connectivity index (χ1) is 12.9. The van der Waals surface area contributed by atoms with Gasteiger partial charge in [0.25, 0.3) is 0 Å². The topological polar surface area (TPSA) is 78.5 Å². The molecule has 1 heterocycles. The number of aryl methyl sites for hydroxylation is 1. The smallest absolute Gasteiger partial charge is 0.227 e. The summed E-state index contributed by atoms with van der Waals surface area (Å²) in [6.07, 6.45) is 0.184. The van der Waals surface area contributed by atoms with Crippen LogP contribution in [0.15, 0.2) is 48.5 Å². The average Bonchev–Trinajstić information content (AvgIpc) is 3.02. The molecule has 0 bridgehead atoms. The van der Waals surface area contributed by atoms with Crippen molar-refractivity contribution in [3.05, 3.63) is 59.7 Å². The van der Waals surface area contributed by atoms with Crippen molar-refractivity contribution in [2.45, 2.75) is 26.8 Å². The summed E-state index contributed by atoms with van der Waals surface area (Å²) in [5.41, 5.74) is 3.49. The molecule has 0 aliphatic carbocycles. The predicted molar refractivity (Wildman–Crippen MR) is 104 cm³/mol. The Balaban J connectivity index is 1.64. The van der Waals surface area contributed by atoms with Gasteiger partial charge in [-0.15, -0.1) is 0 Å². The molecule has 0 radical (unpaired) electrons. The number of hydrogen-bond donors (Lipinski definition) is 2. The number of nitrogens with one attached hydrogen (secondary N) is 2. The lowest BCUT2D eigenvalue weighted by molar-refractivity contribution is -0.126. The minimum absolute atomic E-state index is 0.0917. The van der Waals surface area contributed by atoms with Crippen LogP contribution in [0.4, 0.5) is 11.4 Å². The van der Waals surface area contributed by atoms with Crippen molar-refractivity contribution in [2.24, 2.45) is 5.92 Å². The molecule has 1 saturated heterocycles. The normalized spacial score (nSPS) is 16.3. The van der Waals surface area contributed by atoms with Gasteiger partial charge >= 0.3 is 0 Å². The largest absolute Gasteiger partial charge is 0.352 e.